The summed E-state index contributed by atoms with van der Waals surface area (Å²) in [5, 5.41) is 15.3. The minimum Gasteiger partial charge on any atom is -0.322 e. The number of benzene rings is 2. The van der Waals surface area contributed by atoms with Crippen molar-refractivity contribution in [3.05, 3.63) is 71.2 Å². The minimum absolute atomic E-state index is 0.103. The topological polar surface area (TPSA) is 85.6 Å². The summed E-state index contributed by atoms with van der Waals surface area (Å²) in [5.41, 5.74) is 6.23. The second-order valence-electron chi connectivity index (χ2n) is 6.99. The SMILES string of the molecule is Cc1ccc(-n2cnnn2)cc1NC(=O)c1c2c(nc3ccccc13)CCC2. The number of aryl methyl sites for hydroxylation is 2. The monoisotopic (exact) mass is 370 g/mol. The van der Waals surface area contributed by atoms with E-state index in [4.69, 9.17) is 4.98 Å². The number of fused-ring (bicyclic) bond motifs is 2. The van der Waals surface area contributed by atoms with E-state index in [1.807, 2.05) is 49.4 Å². The lowest BCUT2D eigenvalue weighted by Gasteiger charge is -2.14. The maximum absolute atomic E-state index is 13.4. The molecule has 2 heterocycles. The first-order valence-electron chi connectivity index (χ1n) is 9.26. The summed E-state index contributed by atoms with van der Waals surface area (Å²) in [7, 11) is 0. The summed E-state index contributed by atoms with van der Waals surface area (Å²) in [6.07, 6.45) is 4.38. The Balaban J connectivity index is 1.58. The highest BCUT2D eigenvalue weighted by atomic mass is 16.1. The molecule has 7 nitrogen and oxygen atoms in total. The van der Waals surface area contributed by atoms with E-state index in [2.05, 4.69) is 20.8 Å². The minimum atomic E-state index is -0.103. The normalized spacial score (nSPS) is 12.9. The first-order valence-corrected chi connectivity index (χ1v) is 9.26. The highest BCUT2D eigenvalue weighted by Crippen LogP contribution is 2.31. The lowest BCUT2D eigenvalue weighted by Crippen LogP contribution is -2.16. The fourth-order valence-corrected chi connectivity index (χ4v) is 3.82. The summed E-state index contributed by atoms with van der Waals surface area (Å²) >= 11 is 0. The van der Waals surface area contributed by atoms with Gasteiger partial charge in [0.25, 0.3) is 5.91 Å². The van der Waals surface area contributed by atoms with Gasteiger partial charge in [-0.25, -0.2) is 4.68 Å². The Kier molecular flexibility index (Phi) is 3.86. The number of carbonyl (C=O) groups is 1. The van der Waals surface area contributed by atoms with E-state index in [1.54, 1.807) is 4.68 Å². The van der Waals surface area contributed by atoms with Gasteiger partial charge < -0.3 is 5.32 Å². The molecule has 2 aromatic heterocycles. The Morgan fingerprint density at radius 2 is 2.04 bits per heavy atom. The van der Waals surface area contributed by atoms with Crippen LogP contribution in [0.15, 0.2) is 48.8 Å². The van der Waals surface area contributed by atoms with Crippen molar-refractivity contribution in [3.8, 4) is 5.69 Å². The predicted molar refractivity (Wildman–Crippen MR) is 106 cm³/mol. The molecule has 138 valence electrons. The zero-order valence-corrected chi connectivity index (χ0v) is 15.4. The van der Waals surface area contributed by atoms with Crippen LogP contribution in [0.4, 0.5) is 5.69 Å². The first kappa shape index (κ1) is 16.6. The van der Waals surface area contributed by atoms with Crippen LogP contribution < -0.4 is 5.32 Å². The van der Waals surface area contributed by atoms with Crippen molar-refractivity contribution in [1.82, 2.24) is 25.2 Å². The van der Waals surface area contributed by atoms with Crippen molar-refractivity contribution >= 4 is 22.5 Å². The molecule has 0 unspecified atom stereocenters. The van der Waals surface area contributed by atoms with Crippen molar-refractivity contribution < 1.29 is 4.79 Å². The van der Waals surface area contributed by atoms with E-state index >= 15 is 0 Å². The molecule has 7 heteroatoms. The number of nitrogens with one attached hydrogen (secondary N) is 1. The third kappa shape index (κ3) is 2.72. The maximum atomic E-state index is 13.4. The van der Waals surface area contributed by atoms with E-state index in [0.717, 1.165) is 63.9 Å². The second-order valence-corrected chi connectivity index (χ2v) is 6.99. The molecule has 28 heavy (non-hydrogen) atoms. The zero-order valence-electron chi connectivity index (χ0n) is 15.4. The smallest absolute Gasteiger partial charge is 0.256 e. The summed E-state index contributed by atoms with van der Waals surface area (Å²) < 4.78 is 1.56. The lowest BCUT2D eigenvalue weighted by atomic mass is 10.00. The predicted octanol–water partition coefficient (Wildman–Crippen LogP) is 3.26. The largest absolute Gasteiger partial charge is 0.322 e. The fourth-order valence-electron chi connectivity index (χ4n) is 3.82. The van der Waals surface area contributed by atoms with Crippen LogP contribution in [0.3, 0.4) is 0 Å². The molecule has 0 spiro atoms. The first-order chi connectivity index (χ1) is 13.7. The van der Waals surface area contributed by atoms with Gasteiger partial charge >= 0.3 is 0 Å². The Hall–Kier alpha value is -3.61. The van der Waals surface area contributed by atoms with Gasteiger partial charge in [-0.3, -0.25) is 9.78 Å². The molecular formula is C21H18N6O. The summed E-state index contributed by atoms with van der Waals surface area (Å²) in [5.74, 6) is -0.103. The van der Waals surface area contributed by atoms with Crippen LogP contribution in [0.25, 0.3) is 16.6 Å². The van der Waals surface area contributed by atoms with E-state index < -0.39 is 0 Å². The number of hydrogen-bond donors (Lipinski definition) is 1. The van der Waals surface area contributed by atoms with Crippen molar-refractivity contribution in [2.24, 2.45) is 0 Å². The van der Waals surface area contributed by atoms with E-state index in [1.165, 1.54) is 6.33 Å². The number of rotatable bonds is 3. The number of tetrazole rings is 1. The van der Waals surface area contributed by atoms with Crippen molar-refractivity contribution in [2.75, 3.05) is 5.32 Å². The highest BCUT2D eigenvalue weighted by molar-refractivity contribution is 6.14. The Labute approximate surface area is 161 Å². The zero-order chi connectivity index (χ0) is 19.1. The summed E-state index contributed by atoms with van der Waals surface area (Å²) in [6, 6.07) is 13.6. The van der Waals surface area contributed by atoms with Crippen LogP contribution in [0.2, 0.25) is 0 Å². The third-order valence-corrected chi connectivity index (χ3v) is 5.23. The average Bonchev–Trinajstić information content (AvgIpc) is 3.39. The number of pyridine rings is 1. The van der Waals surface area contributed by atoms with Crippen LogP contribution in [0.1, 0.15) is 33.6 Å². The molecule has 0 saturated heterocycles. The molecule has 2 aromatic carbocycles. The molecule has 0 bridgehead atoms. The van der Waals surface area contributed by atoms with E-state index in [9.17, 15) is 4.79 Å². The van der Waals surface area contributed by atoms with Gasteiger partial charge in [-0.15, -0.1) is 5.10 Å². The van der Waals surface area contributed by atoms with E-state index in [-0.39, 0.29) is 5.91 Å². The molecule has 1 aliphatic carbocycles. The number of aromatic nitrogens is 5. The summed E-state index contributed by atoms with van der Waals surface area (Å²) in [4.78, 5) is 18.1. The molecule has 0 radical (unpaired) electrons. The van der Waals surface area contributed by atoms with Gasteiger partial charge in [0.1, 0.15) is 6.33 Å². The number of hydrogen-bond acceptors (Lipinski definition) is 5. The second kappa shape index (κ2) is 6.53. The Morgan fingerprint density at radius 1 is 1.14 bits per heavy atom. The lowest BCUT2D eigenvalue weighted by molar-refractivity contribution is 0.102. The van der Waals surface area contributed by atoms with Crippen LogP contribution in [0.5, 0.6) is 0 Å². The fraction of sp³-hybridized carbons (Fsp3) is 0.190. The number of anilines is 1. The Morgan fingerprint density at radius 3 is 2.89 bits per heavy atom. The number of carbonyl (C=O) groups excluding carboxylic acids is 1. The van der Waals surface area contributed by atoms with Gasteiger partial charge in [0.15, 0.2) is 0 Å². The molecule has 1 N–H and O–H groups in total. The van der Waals surface area contributed by atoms with Crippen molar-refractivity contribution in [1.29, 1.82) is 0 Å². The summed E-state index contributed by atoms with van der Waals surface area (Å²) in [6.45, 7) is 1.97. The van der Waals surface area contributed by atoms with Crippen LogP contribution in [-0.4, -0.2) is 31.1 Å². The van der Waals surface area contributed by atoms with Crippen LogP contribution in [-0.2, 0) is 12.8 Å². The number of para-hydroxylation sites is 1. The number of amides is 1. The molecule has 0 saturated carbocycles. The van der Waals surface area contributed by atoms with Gasteiger partial charge in [0.2, 0.25) is 0 Å². The van der Waals surface area contributed by atoms with Gasteiger partial charge in [-0.1, -0.05) is 24.3 Å². The van der Waals surface area contributed by atoms with Gasteiger partial charge in [0.05, 0.1) is 16.8 Å². The maximum Gasteiger partial charge on any atom is 0.256 e. The quantitative estimate of drug-likeness (QED) is 0.598. The van der Waals surface area contributed by atoms with E-state index in [0.29, 0.717) is 0 Å². The van der Waals surface area contributed by atoms with Crippen LogP contribution >= 0.6 is 0 Å². The molecule has 5 rings (SSSR count). The van der Waals surface area contributed by atoms with Gasteiger partial charge in [-0.2, -0.15) is 0 Å². The van der Waals surface area contributed by atoms with Crippen molar-refractivity contribution in [2.45, 2.75) is 26.2 Å². The van der Waals surface area contributed by atoms with Gasteiger partial charge in [-0.05, 0) is 65.9 Å². The molecule has 1 amide bonds. The Bertz CT molecular complexity index is 1200. The van der Waals surface area contributed by atoms with Gasteiger partial charge in [0, 0.05) is 16.8 Å². The molecule has 0 atom stereocenters. The highest BCUT2D eigenvalue weighted by Gasteiger charge is 2.24. The molecule has 4 aromatic rings. The molecule has 0 aliphatic heterocycles. The standard InChI is InChI=1S/C21H18N6O/c1-13-9-10-14(27-12-22-25-26-27)11-19(13)24-21(28)20-15-5-2-3-7-17(15)23-18-8-4-6-16(18)20/h2-3,5,7,9-12H,4,6,8H2,1H3,(H,24,28). The molecule has 1 aliphatic rings. The average molecular weight is 370 g/mol. The van der Waals surface area contributed by atoms with Crippen molar-refractivity contribution in [3.63, 3.8) is 0 Å². The molecule has 0 fully saturated rings. The third-order valence-electron chi connectivity index (χ3n) is 5.23. The molecular weight excluding hydrogens is 352 g/mol. The van der Waals surface area contributed by atoms with Crippen LogP contribution in [0, 0.1) is 6.92 Å². The number of nitrogens with zero attached hydrogens (tertiary/aromatic N) is 5.